The van der Waals surface area contributed by atoms with Crippen LogP contribution in [0.5, 0.6) is 0 Å². The molecule has 7 heteroatoms. The number of rotatable bonds is 4. The summed E-state index contributed by atoms with van der Waals surface area (Å²) in [5.41, 5.74) is 1.89. The Morgan fingerprint density at radius 1 is 1.18 bits per heavy atom. The maximum atomic E-state index is 14.2. The topological polar surface area (TPSA) is 38.1 Å². The van der Waals surface area contributed by atoms with Crippen molar-refractivity contribution in [1.82, 2.24) is 14.5 Å². The molecule has 0 bridgehead atoms. The van der Waals surface area contributed by atoms with E-state index in [0.717, 1.165) is 31.4 Å². The minimum atomic E-state index is -0.470. The van der Waals surface area contributed by atoms with E-state index >= 15 is 0 Å². The van der Waals surface area contributed by atoms with Crippen molar-refractivity contribution in [3.63, 3.8) is 0 Å². The van der Waals surface area contributed by atoms with Crippen molar-refractivity contribution in [2.24, 2.45) is 0 Å². The first-order valence-electron chi connectivity index (χ1n) is 9.33. The lowest BCUT2D eigenvalue weighted by atomic mass is 10.1. The molecule has 0 radical (unpaired) electrons. The molecule has 28 heavy (non-hydrogen) atoms. The lowest BCUT2D eigenvalue weighted by Gasteiger charge is -2.23. The Morgan fingerprint density at radius 2 is 1.86 bits per heavy atom. The van der Waals surface area contributed by atoms with Gasteiger partial charge in [0, 0.05) is 19.5 Å². The molecule has 0 N–H and O–H groups in total. The molecule has 1 amide bonds. The highest BCUT2D eigenvalue weighted by molar-refractivity contribution is 6.42. The third kappa shape index (κ3) is 3.49. The molecule has 4 nitrogen and oxygen atoms in total. The molecule has 1 aliphatic heterocycles. The van der Waals surface area contributed by atoms with E-state index in [0.29, 0.717) is 26.9 Å². The fraction of sp³-hybridized carbons (Fsp3) is 0.333. The predicted molar refractivity (Wildman–Crippen MR) is 109 cm³/mol. The Labute approximate surface area is 172 Å². The average Bonchev–Trinajstić information content (AvgIpc) is 3.31. The number of benzene rings is 2. The van der Waals surface area contributed by atoms with Crippen LogP contribution in [0, 0.1) is 5.82 Å². The zero-order chi connectivity index (χ0) is 19.8. The van der Waals surface area contributed by atoms with Gasteiger partial charge in [-0.1, -0.05) is 41.4 Å². The van der Waals surface area contributed by atoms with E-state index in [1.54, 1.807) is 30.3 Å². The number of aromatic nitrogens is 2. The van der Waals surface area contributed by atoms with Gasteiger partial charge in [0.1, 0.15) is 17.7 Å². The molecule has 4 rings (SSSR count). The first-order chi connectivity index (χ1) is 13.5. The first kappa shape index (κ1) is 19.2. The molecule has 0 spiro atoms. The largest absolute Gasteiger partial charge is 0.341 e. The van der Waals surface area contributed by atoms with Gasteiger partial charge in [-0.25, -0.2) is 9.37 Å². The average molecular weight is 420 g/mol. The minimum Gasteiger partial charge on any atom is -0.341 e. The normalized spacial score (nSPS) is 15.4. The maximum absolute atomic E-state index is 14.2. The monoisotopic (exact) mass is 419 g/mol. The second kappa shape index (κ2) is 7.72. The molecule has 1 saturated heterocycles. The van der Waals surface area contributed by atoms with Crippen LogP contribution >= 0.6 is 23.2 Å². The van der Waals surface area contributed by atoms with Gasteiger partial charge in [-0.2, -0.15) is 0 Å². The molecule has 1 fully saturated rings. The van der Waals surface area contributed by atoms with Crippen molar-refractivity contribution in [3.05, 3.63) is 63.6 Å². The zero-order valence-corrected chi connectivity index (χ0v) is 17.0. The number of hydrogen-bond donors (Lipinski definition) is 0. The maximum Gasteiger partial charge on any atom is 0.245 e. The Morgan fingerprint density at radius 3 is 2.57 bits per heavy atom. The third-order valence-corrected chi connectivity index (χ3v) is 6.00. The molecule has 0 saturated carbocycles. The van der Waals surface area contributed by atoms with Crippen LogP contribution in [0.1, 0.15) is 37.2 Å². The smallest absolute Gasteiger partial charge is 0.245 e. The number of carbonyl (C=O) groups is 1. The Bertz CT molecular complexity index is 1040. The van der Waals surface area contributed by atoms with E-state index in [1.807, 2.05) is 16.4 Å². The second-order valence-electron chi connectivity index (χ2n) is 7.13. The van der Waals surface area contributed by atoms with Gasteiger partial charge in [0.15, 0.2) is 0 Å². The highest BCUT2D eigenvalue weighted by atomic mass is 35.5. The molecule has 0 aliphatic carbocycles. The van der Waals surface area contributed by atoms with Crippen molar-refractivity contribution >= 4 is 40.1 Å². The van der Waals surface area contributed by atoms with Crippen molar-refractivity contribution in [2.45, 2.75) is 32.2 Å². The summed E-state index contributed by atoms with van der Waals surface area (Å²) in [7, 11) is 0. The second-order valence-corrected chi connectivity index (χ2v) is 7.94. The van der Waals surface area contributed by atoms with Crippen molar-refractivity contribution < 1.29 is 9.18 Å². The molecule has 2 heterocycles. The van der Waals surface area contributed by atoms with Gasteiger partial charge in [0.25, 0.3) is 0 Å². The minimum absolute atomic E-state index is 0.0395. The summed E-state index contributed by atoms with van der Waals surface area (Å²) in [5, 5.41) is 0.795. The van der Waals surface area contributed by atoms with Gasteiger partial charge in [0.05, 0.1) is 21.1 Å². The number of amides is 1. The van der Waals surface area contributed by atoms with Gasteiger partial charge < -0.3 is 9.47 Å². The van der Waals surface area contributed by atoms with Crippen LogP contribution in [0.15, 0.2) is 36.4 Å². The number of halogens is 3. The number of hydrogen-bond acceptors (Lipinski definition) is 2. The van der Waals surface area contributed by atoms with Gasteiger partial charge in [0.2, 0.25) is 5.91 Å². The number of nitrogens with zero attached hydrogens (tertiary/aromatic N) is 3. The molecule has 2 aromatic carbocycles. The van der Waals surface area contributed by atoms with E-state index in [1.165, 1.54) is 6.07 Å². The lowest BCUT2D eigenvalue weighted by molar-refractivity contribution is -0.133. The number of carbonyl (C=O) groups excluding carboxylic acids is 1. The number of fused-ring (bicyclic) bond motifs is 1. The third-order valence-electron chi connectivity index (χ3n) is 5.27. The summed E-state index contributed by atoms with van der Waals surface area (Å²) in [6.07, 6.45) is 2.31. The van der Waals surface area contributed by atoms with Gasteiger partial charge in [-0.05, 0) is 43.5 Å². The molecule has 3 aromatic rings. The van der Waals surface area contributed by atoms with Crippen LogP contribution in [0.3, 0.4) is 0 Å². The molecule has 1 aromatic heterocycles. The van der Waals surface area contributed by atoms with Crippen LogP contribution in [0.2, 0.25) is 10.0 Å². The molecule has 1 aliphatic rings. The van der Waals surface area contributed by atoms with E-state index in [-0.39, 0.29) is 18.1 Å². The summed E-state index contributed by atoms with van der Waals surface area (Å²) in [4.78, 5) is 19.6. The molecular weight excluding hydrogens is 400 g/mol. The Kier molecular flexibility index (Phi) is 5.30. The van der Waals surface area contributed by atoms with Crippen molar-refractivity contribution in [2.75, 3.05) is 13.1 Å². The lowest BCUT2D eigenvalue weighted by Crippen LogP contribution is -2.34. The molecular formula is C21H20Cl2FN3O. The Balaban J connectivity index is 1.82. The first-order valence-corrected chi connectivity index (χ1v) is 10.1. The van der Waals surface area contributed by atoms with Crippen molar-refractivity contribution in [3.8, 4) is 0 Å². The van der Waals surface area contributed by atoms with Crippen LogP contribution in [0.4, 0.5) is 4.39 Å². The van der Waals surface area contributed by atoms with E-state index in [9.17, 15) is 9.18 Å². The molecule has 146 valence electrons. The van der Waals surface area contributed by atoms with E-state index in [4.69, 9.17) is 23.2 Å². The highest BCUT2D eigenvalue weighted by Gasteiger charge is 2.28. The number of likely N-dealkylation sites (tertiary alicyclic amines) is 1. The van der Waals surface area contributed by atoms with Crippen LogP contribution < -0.4 is 0 Å². The van der Waals surface area contributed by atoms with E-state index < -0.39 is 6.04 Å². The van der Waals surface area contributed by atoms with Gasteiger partial charge in [-0.3, -0.25) is 4.79 Å². The van der Waals surface area contributed by atoms with Crippen LogP contribution in [-0.4, -0.2) is 33.4 Å². The fourth-order valence-corrected chi connectivity index (χ4v) is 4.14. The fourth-order valence-electron chi connectivity index (χ4n) is 3.82. The predicted octanol–water partition coefficient (Wildman–Crippen LogP) is 5.26. The van der Waals surface area contributed by atoms with Gasteiger partial charge in [-0.15, -0.1) is 0 Å². The van der Waals surface area contributed by atoms with Crippen LogP contribution in [0.25, 0.3) is 11.0 Å². The Hall–Kier alpha value is -2.11. The summed E-state index contributed by atoms with van der Waals surface area (Å²) in [6, 6.07) is 9.54. The summed E-state index contributed by atoms with van der Waals surface area (Å²) < 4.78 is 16.1. The van der Waals surface area contributed by atoms with Crippen LogP contribution in [-0.2, 0) is 11.2 Å². The van der Waals surface area contributed by atoms with E-state index in [2.05, 4.69) is 4.98 Å². The zero-order valence-electron chi connectivity index (χ0n) is 15.5. The number of imidazole rings is 1. The summed E-state index contributed by atoms with van der Waals surface area (Å²) >= 11 is 12.4. The summed E-state index contributed by atoms with van der Waals surface area (Å²) in [5.74, 6) is 0.354. The van der Waals surface area contributed by atoms with Gasteiger partial charge >= 0.3 is 0 Å². The molecule has 0 unspecified atom stereocenters. The van der Waals surface area contributed by atoms with Crippen molar-refractivity contribution in [1.29, 1.82) is 0 Å². The highest BCUT2D eigenvalue weighted by Crippen LogP contribution is 2.32. The SMILES string of the molecule is C[C@H](C(=O)N1CCCC1)n1c(Cc2ccccc2F)nc2cc(Cl)c(Cl)cc21. The standard InChI is InChI=1S/C21H20Cl2FN3O/c1-13(21(28)26-8-4-5-9-26)27-19-12-16(23)15(22)11-18(19)25-20(27)10-14-6-2-3-7-17(14)24/h2-3,6-7,11-13H,4-5,8-10H2,1H3/t13-/m1/s1. The summed E-state index contributed by atoms with van der Waals surface area (Å²) in [6.45, 7) is 3.39. The quantitative estimate of drug-likeness (QED) is 0.578. The molecule has 1 atom stereocenters.